The summed E-state index contributed by atoms with van der Waals surface area (Å²) in [5, 5.41) is 9.22. The third kappa shape index (κ3) is 4.62. The molecule has 1 saturated heterocycles. The topological polar surface area (TPSA) is 122 Å². The average molecular weight is 535 g/mol. The number of nitrogens with zero attached hydrogens (tertiary/aromatic N) is 5. The summed E-state index contributed by atoms with van der Waals surface area (Å²) in [4.78, 5) is 19.2. The molecule has 0 spiro atoms. The zero-order valence-electron chi connectivity index (χ0n) is 21.7. The summed E-state index contributed by atoms with van der Waals surface area (Å²) in [7, 11) is 0. The zero-order valence-corrected chi connectivity index (χ0v) is 21.7. The maximum absolute atomic E-state index is 14.7. The van der Waals surface area contributed by atoms with E-state index in [0.717, 1.165) is 58.4 Å². The summed E-state index contributed by atoms with van der Waals surface area (Å²) < 4.78 is 20.6. The van der Waals surface area contributed by atoms with E-state index in [1.807, 2.05) is 30.3 Å². The highest BCUT2D eigenvalue weighted by Crippen LogP contribution is 2.35. The smallest absolute Gasteiger partial charge is 0.181 e. The average Bonchev–Trinajstić information content (AvgIpc) is 3.72. The van der Waals surface area contributed by atoms with Crippen molar-refractivity contribution in [3.63, 3.8) is 0 Å². The van der Waals surface area contributed by atoms with Gasteiger partial charge < -0.3 is 15.5 Å². The van der Waals surface area contributed by atoms with Crippen LogP contribution in [0.5, 0.6) is 5.75 Å². The zero-order chi connectivity index (χ0) is 27.1. The fourth-order valence-electron chi connectivity index (χ4n) is 5.38. The number of aromatic nitrogens is 6. The van der Waals surface area contributed by atoms with Crippen molar-refractivity contribution in [1.29, 1.82) is 0 Å². The molecule has 1 aromatic carbocycles. The summed E-state index contributed by atoms with van der Waals surface area (Å²) in [6.07, 6.45) is 9.29. The van der Waals surface area contributed by atoms with Gasteiger partial charge in [-0.15, -0.1) is 0 Å². The molecule has 4 N–H and O–H groups in total. The fraction of sp³-hybridized carbons (Fsp3) is 0.200. The lowest BCUT2D eigenvalue weighted by molar-refractivity contribution is 0.237. The van der Waals surface area contributed by atoms with Crippen molar-refractivity contribution in [2.45, 2.75) is 12.8 Å². The van der Waals surface area contributed by atoms with Gasteiger partial charge in [0.1, 0.15) is 18.2 Å². The Kier molecular flexibility index (Phi) is 6.09. The highest BCUT2D eigenvalue weighted by atomic mass is 19.1. The Morgan fingerprint density at radius 3 is 2.67 bits per heavy atom. The summed E-state index contributed by atoms with van der Waals surface area (Å²) in [5.41, 5.74) is 12.6. The lowest BCUT2D eigenvalue weighted by Gasteiger charge is -2.15. The number of aromatic amines is 2. The third-order valence-electron chi connectivity index (χ3n) is 7.34. The number of anilines is 1. The molecule has 1 aliphatic heterocycles. The van der Waals surface area contributed by atoms with Crippen molar-refractivity contribution >= 4 is 27.6 Å². The number of H-pyrrole nitrogens is 2. The second kappa shape index (κ2) is 10.0. The van der Waals surface area contributed by atoms with Crippen LogP contribution in [0.3, 0.4) is 0 Å². The molecule has 0 amide bonds. The van der Waals surface area contributed by atoms with Gasteiger partial charge in [-0.05, 0) is 62.3 Å². The van der Waals surface area contributed by atoms with Gasteiger partial charge >= 0.3 is 0 Å². The number of ether oxygens (including phenoxy) is 1. The van der Waals surface area contributed by atoms with Crippen molar-refractivity contribution in [1.82, 2.24) is 35.0 Å². The van der Waals surface area contributed by atoms with Gasteiger partial charge in [-0.25, -0.2) is 9.37 Å². The highest BCUT2D eigenvalue weighted by molar-refractivity contribution is 6.00. The molecule has 5 aromatic heterocycles. The first-order valence-electron chi connectivity index (χ1n) is 13.3. The molecule has 6 heterocycles. The fourth-order valence-corrected chi connectivity index (χ4v) is 5.38. The Morgan fingerprint density at radius 2 is 1.80 bits per heavy atom. The maximum Gasteiger partial charge on any atom is 0.181 e. The van der Waals surface area contributed by atoms with Crippen LogP contribution in [0.1, 0.15) is 12.8 Å². The van der Waals surface area contributed by atoms with Crippen molar-refractivity contribution < 1.29 is 9.13 Å². The van der Waals surface area contributed by atoms with Crippen LogP contribution in [0.2, 0.25) is 0 Å². The molecule has 7 rings (SSSR count). The van der Waals surface area contributed by atoms with Crippen LogP contribution >= 0.6 is 0 Å². The maximum atomic E-state index is 14.7. The number of nitrogens with one attached hydrogen (secondary N) is 2. The van der Waals surface area contributed by atoms with E-state index in [9.17, 15) is 4.39 Å². The minimum Gasteiger partial charge on any atom is -0.492 e. The molecule has 0 atom stereocenters. The highest BCUT2D eigenvalue weighted by Gasteiger charge is 2.17. The first-order valence-corrected chi connectivity index (χ1v) is 13.3. The molecular formula is C30H27FN8O. The van der Waals surface area contributed by atoms with E-state index in [-0.39, 0.29) is 5.82 Å². The number of nitrogens with two attached hydrogens (primary N) is 1. The van der Waals surface area contributed by atoms with E-state index < -0.39 is 0 Å². The van der Waals surface area contributed by atoms with Crippen LogP contribution < -0.4 is 10.5 Å². The first-order chi connectivity index (χ1) is 19.6. The van der Waals surface area contributed by atoms with E-state index in [1.54, 1.807) is 24.8 Å². The van der Waals surface area contributed by atoms with Crippen LogP contribution in [-0.2, 0) is 0 Å². The van der Waals surface area contributed by atoms with Gasteiger partial charge in [0.25, 0.3) is 0 Å². The molecule has 200 valence electrons. The molecule has 9 nitrogen and oxygen atoms in total. The summed E-state index contributed by atoms with van der Waals surface area (Å²) >= 11 is 0. The van der Waals surface area contributed by atoms with Gasteiger partial charge in [-0.3, -0.25) is 20.0 Å². The minimum atomic E-state index is -0.363. The van der Waals surface area contributed by atoms with E-state index >= 15 is 0 Å². The van der Waals surface area contributed by atoms with E-state index in [4.69, 9.17) is 10.5 Å². The third-order valence-corrected chi connectivity index (χ3v) is 7.34. The number of pyridine rings is 3. The van der Waals surface area contributed by atoms with Gasteiger partial charge in [-0.2, -0.15) is 5.10 Å². The molecule has 1 fully saturated rings. The quantitative estimate of drug-likeness (QED) is 0.250. The largest absolute Gasteiger partial charge is 0.492 e. The molecule has 0 unspecified atom stereocenters. The van der Waals surface area contributed by atoms with Crippen LogP contribution in [0.25, 0.3) is 55.7 Å². The molecule has 1 aliphatic rings. The van der Waals surface area contributed by atoms with E-state index in [1.165, 1.54) is 25.0 Å². The number of hydrogen-bond acceptors (Lipinski definition) is 7. The molecule has 0 aliphatic carbocycles. The van der Waals surface area contributed by atoms with Crippen molar-refractivity contribution in [3.05, 3.63) is 73.1 Å². The summed E-state index contributed by atoms with van der Waals surface area (Å²) in [6, 6.07) is 12.5. The van der Waals surface area contributed by atoms with Crippen molar-refractivity contribution in [3.8, 4) is 39.5 Å². The number of halogens is 1. The van der Waals surface area contributed by atoms with Crippen LogP contribution in [0.15, 0.2) is 67.3 Å². The molecular weight excluding hydrogens is 507 g/mol. The second-order valence-corrected chi connectivity index (χ2v) is 10.1. The van der Waals surface area contributed by atoms with Gasteiger partial charge in [0, 0.05) is 70.4 Å². The predicted molar refractivity (Wildman–Crippen MR) is 153 cm³/mol. The predicted octanol–water partition coefficient (Wildman–Crippen LogP) is 5.43. The van der Waals surface area contributed by atoms with Gasteiger partial charge in [0.2, 0.25) is 0 Å². The summed E-state index contributed by atoms with van der Waals surface area (Å²) in [6.45, 7) is 3.55. The Hall–Kier alpha value is -4.83. The monoisotopic (exact) mass is 534 g/mol. The summed E-state index contributed by atoms with van der Waals surface area (Å²) in [5.74, 6) is 0.135. The number of benzene rings is 1. The van der Waals surface area contributed by atoms with Crippen molar-refractivity contribution in [2.24, 2.45) is 0 Å². The van der Waals surface area contributed by atoms with Crippen LogP contribution in [-0.4, -0.2) is 61.3 Å². The second-order valence-electron chi connectivity index (χ2n) is 10.1. The van der Waals surface area contributed by atoms with Gasteiger partial charge in [0.05, 0.1) is 22.8 Å². The Bertz CT molecular complexity index is 1840. The Labute approximate surface area is 229 Å². The van der Waals surface area contributed by atoms with Crippen molar-refractivity contribution in [2.75, 3.05) is 32.0 Å². The molecule has 0 saturated carbocycles. The lowest BCUT2D eigenvalue weighted by Crippen LogP contribution is -2.25. The molecule has 6 aromatic rings. The Balaban J connectivity index is 1.23. The number of rotatable bonds is 7. The standard InChI is InChI=1S/C30H27FN8O/c31-21-9-18(11-23(13-21)40-8-7-39-5-1-2-6-39)28-24-14-27(36-26(24)3-4-34-28)29-25-12-20(16-35-30(25)38-37-29)19-10-22(32)17-33-15-19/h3-4,9-17,36H,1-2,5-8,32H2,(H,35,37,38). The molecule has 40 heavy (non-hydrogen) atoms. The van der Waals surface area contributed by atoms with E-state index in [2.05, 4.69) is 35.0 Å². The van der Waals surface area contributed by atoms with Gasteiger partial charge in [-0.1, -0.05) is 0 Å². The first kappa shape index (κ1) is 24.2. The van der Waals surface area contributed by atoms with E-state index in [0.29, 0.717) is 34.9 Å². The SMILES string of the molecule is Nc1cncc(-c2cnc3n[nH]c(-c4cc5c(-c6cc(F)cc(OCCN7CCCC7)c6)nccc5[nH]4)c3c2)c1. The number of likely N-dealkylation sites (tertiary alicyclic amines) is 1. The molecule has 0 bridgehead atoms. The number of nitrogen functional groups attached to an aromatic ring is 1. The lowest BCUT2D eigenvalue weighted by atomic mass is 10.1. The minimum absolute atomic E-state index is 0.363. The Morgan fingerprint density at radius 1 is 0.925 bits per heavy atom. The number of hydrogen-bond donors (Lipinski definition) is 3. The van der Waals surface area contributed by atoms with Crippen LogP contribution in [0.4, 0.5) is 10.1 Å². The molecule has 0 radical (unpaired) electrons. The molecule has 10 heteroatoms. The van der Waals surface area contributed by atoms with Gasteiger partial charge in [0.15, 0.2) is 5.65 Å². The van der Waals surface area contributed by atoms with Crippen LogP contribution in [0, 0.1) is 5.82 Å². The normalized spacial score (nSPS) is 13.9. The number of fused-ring (bicyclic) bond motifs is 2.